The Morgan fingerprint density at radius 2 is 1.62 bits per heavy atom. The summed E-state index contributed by atoms with van der Waals surface area (Å²) in [5.41, 5.74) is 1.45. The summed E-state index contributed by atoms with van der Waals surface area (Å²) < 4.78 is 18.8. The van der Waals surface area contributed by atoms with Crippen LogP contribution in [0.3, 0.4) is 0 Å². The Bertz CT molecular complexity index is 1380. The van der Waals surface area contributed by atoms with Crippen molar-refractivity contribution in [1.29, 1.82) is 0 Å². The van der Waals surface area contributed by atoms with Crippen molar-refractivity contribution in [1.82, 2.24) is 10.6 Å². The van der Waals surface area contributed by atoms with E-state index in [0.29, 0.717) is 23.9 Å². The van der Waals surface area contributed by atoms with Gasteiger partial charge in [0.1, 0.15) is 11.6 Å². The fraction of sp³-hybridized carbons (Fsp3) is 0.600. The van der Waals surface area contributed by atoms with Crippen LogP contribution in [0.5, 0.6) is 0 Å². The van der Waals surface area contributed by atoms with Crippen LogP contribution < -0.4 is 10.6 Å². The minimum Gasteiger partial charge on any atom is -0.444 e. The molecular weight excluding hydrogens is 567 g/mol. The topological polar surface area (TPSA) is 111 Å². The summed E-state index contributed by atoms with van der Waals surface area (Å²) in [5.74, 6) is 0.665. The van der Waals surface area contributed by atoms with Gasteiger partial charge in [0, 0.05) is 6.42 Å². The molecule has 10 heteroatoms. The first-order valence-corrected chi connectivity index (χ1v) is 16.3. The molecular formula is C35H49BN4O5. The lowest BCUT2D eigenvalue weighted by atomic mass is 9.43. The molecule has 0 aromatic heterocycles. The normalized spacial score (nSPS) is 26.6. The van der Waals surface area contributed by atoms with Crippen molar-refractivity contribution in [2.75, 3.05) is 0 Å². The summed E-state index contributed by atoms with van der Waals surface area (Å²) in [6, 6.07) is 16.1. The zero-order chi connectivity index (χ0) is 32.6. The van der Waals surface area contributed by atoms with Gasteiger partial charge in [-0.15, -0.1) is 0 Å². The minimum atomic E-state index is -0.877. The molecule has 242 valence electrons. The van der Waals surface area contributed by atoms with Gasteiger partial charge in [0.05, 0.1) is 29.0 Å². The molecule has 6 rings (SSSR count). The Balaban J connectivity index is 1.31. The van der Waals surface area contributed by atoms with Gasteiger partial charge >= 0.3 is 13.2 Å². The number of nitrogens with one attached hydrogen (secondary N) is 2. The van der Waals surface area contributed by atoms with Gasteiger partial charge in [-0.3, -0.25) is 4.79 Å². The molecule has 2 aromatic carbocycles. The molecule has 9 nitrogen and oxygen atoms in total. The fourth-order valence-corrected chi connectivity index (χ4v) is 7.30. The molecule has 0 spiro atoms. The second-order valence-electron chi connectivity index (χ2n) is 15.2. The number of alkyl carbamates (subject to hydrolysis) is 1. The van der Waals surface area contributed by atoms with Gasteiger partial charge in [-0.1, -0.05) is 58.0 Å². The van der Waals surface area contributed by atoms with E-state index < -0.39 is 24.9 Å². The van der Waals surface area contributed by atoms with Gasteiger partial charge in [-0.2, -0.15) is 10.2 Å². The lowest BCUT2D eigenvalue weighted by molar-refractivity contribution is -0.199. The highest BCUT2D eigenvalue weighted by atomic mass is 16.7. The molecule has 4 aliphatic rings. The van der Waals surface area contributed by atoms with Crippen LogP contribution in [0.15, 0.2) is 64.8 Å². The standard InChI is InChI=1S/C35H49BN4O5/c1-22(2)18-30(36-44-29-21-24-20-28(34(24,6)7)35(29,8)45-36)38-31(41)27(37-32(42)43-33(3,4)5)19-23-14-16-26(17-15-23)40-39-25-12-10-9-11-13-25/h9-17,22,24,27-30H,18-21H2,1-8H3,(H,37,42)(H,38,41)/t24-,27-,28-,29?,30+,35-/m0/s1. The second kappa shape index (κ2) is 12.9. The quantitative estimate of drug-likeness (QED) is 0.214. The van der Waals surface area contributed by atoms with Gasteiger partial charge in [0.15, 0.2) is 0 Å². The number of carbonyl (C=O) groups excluding carboxylic acids is 2. The molecule has 1 unspecified atom stereocenters. The molecule has 2 aromatic rings. The molecule has 0 radical (unpaired) electrons. The summed E-state index contributed by atoms with van der Waals surface area (Å²) >= 11 is 0. The molecule has 2 N–H and O–H groups in total. The number of nitrogens with zero attached hydrogens (tertiary/aromatic N) is 2. The second-order valence-corrected chi connectivity index (χ2v) is 15.2. The van der Waals surface area contributed by atoms with Crippen molar-refractivity contribution in [3.8, 4) is 0 Å². The predicted molar refractivity (Wildman–Crippen MR) is 175 cm³/mol. The van der Waals surface area contributed by atoms with Gasteiger partial charge in [0.25, 0.3) is 0 Å². The van der Waals surface area contributed by atoms with Gasteiger partial charge in [-0.05, 0) is 100.0 Å². The summed E-state index contributed by atoms with van der Waals surface area (Å²) in [7, 11) is -0.557. The Morgan fingerprint density at radius 1 is 0.978 bits per heavy atom. The average molecular weight is 617 g/mol. The Morgan fingerprint density at radius 3 is 2.22 bits per heavy atom. The third-order valence-electron chi connectivity index (χ3n) is 9.77. The lowest BCUT2D eigenvalue weighted by Crippen LogP contribution is -2.65. The Kier molecular flexibility index (Phi) is 9.48. The third kappa shape index (κ3) is 7.60. The maximum atomic E-state index is 14.0. The molecule has 3 saturated carbocycles. The van der Waals surface area contributed by atoms with Crippen molar-refractivity contribution >= 4 is 30.5 Å². The summed E-state index contributed by atoms with van der Waals surface area (Å²) in [6.45, 7) is 16.5. The average Bonchev–Trinajstić information content (AvgIpc) is 3.32. The van der Waals surface area contributed by atoms with E-state index in [2.05, 4.69) is 55.5 Å². The predicted octanol–water partition coefficient (Wildman–Crippen LogP) is 7.34. The molecule has 6 atom stereocenters. The van der Waals surface area contributed by atoms with E-state index in [1.165, 1.54) is 0 Å². The van der Waals surface area contributed by atoms with E-state index in [4.69, 9.17) is 14.0 Å². The van der Waals surface area contributed by atoms with E-state index in [-0.39, 0.29) is 41.3 Å². The number of hydrogen-bond donors (Lipinski definition) is 2. The molecule has 1 saturated heterocycles. The van der Waals surface area contributed by atoms with Gasteiger partial charge in [0.2, 0.25) is 5.91 Å². The number of benzene rings is 2. The van der Waals surface area contributed by atoms with E-state index in [1.807, 2.05) is 54.6 Å². The molecule has 2 bridgehead atoms. The number of azo groups is 1. The van der Waals surface area contributed by atoms with Crippen molar-refractivity contribution in [3.63, 3.8) is 0 Å². The number of hydrogen-bond acceptors (Lipinski definition) is 7. The highest BCUT2D eigenvalue weighted by molar-refractivity contribution is 6.48. The van der Waals surface area contributed by atoms with Crippen molar-refractivity contribution in [2.24, 2.45) is 33.4 Å². The maximum Gasteiger partial charge on any atom is 0.481 e. The van der Waals surface area contributed by atoms with Crippen LogP contribution in [0.1, 0.15) is 80.2 Å². The summed E-state index contributed by atoms with van der Waals surface area (Å²) in [5, 5.41) is 14.6. The van der Waals surface area contributed by atoms with Crippen LogP contribution in [-0.2, 0) is 25.3 Å². The van der Waals surface area contributed by atoms with Crippen LogP contribution in [0.4, 0.5) is 16.2 Å². The molecule has 2 amide bonds. The van der Waals surface area contributed by atoms with Crippen molar-refractivity contribution < 1.29 is 23.6 Å². The largest absolute Gasteiger partial charge is 0.481 e. The fourth-order valence-electron chi connectivity index (χ4n) is 7.30. The SMILES string of the molecule is CC(C)C[C@@H](NC(=O)[C@H](Cc1ccc(N=Nc2ccccc2)cc1)NC(=O)OC(C)(C)C)B1OC2C[C@@H]3C[C@@H](C3(C)C)[C@]2(C)O1. The van der Waals surface area contributed by atoms with Crippen LogP contribution in [0.25, 0.3) is 0 Å². The van der Waals surface area contributed by atoms with Crippen LogP contribution in [0.2, 0.25) is 0 Å². The molecule has 4 fully saturated rings. The van der Waals surface area contributed by atoms with E-state index in [9.17, 15) is 9.59 Å². The number of amides is 2. The third-order valence-corrected chi connectivity index (χ3v) is 9.77. The smallest absolute Gasteiger partial charge is 0.444 e. The Labute approximate surface area is 268 Å². The monoisotopic (exact) mass is 616 g/mol. The molecule has 45 heavy (non-hydrogen) atoms. The summed E-state index contributed by atoms with van der Waals surface area (Å²) in [6.07, 6.45) is 2.44. The highest BCUT2D eigenvalue weighted by Gasteiger charge is 2.68. The Hall–Kier alpha value is -3.24. The van der Waals surface area contributed by atoms with E-state index >= 15 is 0 Å². The lowest BCUT2D eigenvalue weighted by Gasteiger charge is -2.64. The molecule has 3 aliphatic carbocycles. The zero-order valence-corrected chi connectivity index (χ0v) is 28.0. The van der Waals surface area contributed by atoms with Crippen LogP contribution in [-0.4, -0.2) is 48.4 Å². The zero-order valence-electron chi connectivity index (χ0n) is 28.0. The van der Waals surface area contributed by atoms with E-state index in [1.54, 1.807) is 20.8 Å². The molecule has 1 heterocycles. The van der Waals surface area contributed by atoms with E-state index in [0.717, 1.165) is 24.1 Å². The first-order valence-electron chi connectivity index (χ1n) is 16.3. The number of carbonyl (C=O) groups is 2. The van der Waals surface area contributed by atoms with Crippen LogP contribution in [0, 0.1) is 23.2 Å². The first kappa shape index (κ1) is 33.1. The number of ether oxygens (including phenoxy) is 1. The summed E-state index contributed by atoms with van der Waals surface area (Å²) in [4.78, 5) is 26.8. The molecule has 1 aliphatic heterocycles. The number of rotatable bonds is 10. The van der Waals surface area contributed by atoms with Crippen molar-refractivity contribution in [2.45, 2.75) is 110 Å². The van der Waals surface area contributed by atoms with Gasteiger partial charge in [-0.25, -0.2) is 4.79 Å². The van der Waals surface area contributed by atoms with Gasteiger partial charge < -0.3 is 24.7 Å². The maximum absolute atomic E-state index is 14.0. The first-order chi connectivity index (χ1) is 21.1. The highest BCUT2D eigenvalue weighted by Crippen LogP contribution is 2.65. The van der Waals surface area contributed by atoms with Crippen LogP contribution >= 0.6 is 0 Å². The minimum absolute atomic E-state index is 0.0130. The van der Waals surface area contributed by atoms with Crippen molar-refractivity contribution in [3.05, 3.63) is 60.2 Å².